The van der Waals surface area contributed by atoms with Gasteiger partial charge in [-0.25, -0.2) is 0 Å². The van der Waals surface area contributed by atoms with Gasteiger partial charge >= 0.3 is 0 Å². The molecule has 0 bridgehead atoms. The first kappa shape index (κ1) is 14.0. The van der Waals surface area contributed by atoms with E-state index in [0.717, 1.165) is 24.0 Å². The minimum absolute atomic E-state index is 0.417. The molecule has 19 heavy (non-hydrogen) atoms. The summed E-state index contributed by atoms with van der Waals surface area (Å²) >= 11 is 6.26. The van der Waals surface area contributed by atoms with Crippen LogP contribution in [-0.4, -0.2) is 10.1 Å². The Hall–Kier alpha value is -1.39. The van der Waals surface area contributed by atoms with Crippen molar-refractivity contribution in [3.8, 4) is 11.5 Å². The second-order valence-corrected chi connectivity index (χ2v) is 5.10. The number of nitrogens with zero attached hydrogens (tertiary/aromatic N) is 2. The van der Waals surface area contributed by atoms with Crippen LogP contribution in [0.3, 0.4) is 0 Å². The summed E-state index contributed by atoms with van der Waals surface area (Å²) in [5, 5.41) is 4.64. The molecule has 1 aromatic heterocycles. The summed E-state index contributed by atoms with van der Waals surface area (Å²) in [5.74, 6) is 0.950. The summed E-state index contributed by atoms with van der Waals surface area (Å²) in [6.45, 7) is 5.97. The number of rotatable bonds is 4. The molecular formula is C14H18ClN3O. The number of hydrogen-bond donors (Lipinski definition) is 1. The maximum absolute atomic E-state index is 6.26. The molecule has 0 amide bonds. The van der Waals surface area contributed by atoms with Crippen molar-refractivity contribution >= 4 is 11.6 Å². The summed E-state index contributed by atoms with van der Waals surface area (Å²) in [7, 11) is 0. The first-order valence-electron chi connectivity index (χ1n) is 6.40. The monoisotopic (exact) mass is 279 g/mol. The van der Waals surface area contributed by atoms with Crippen LogP contribution in [-0.2, 0) is 5.54 Å². The number of benzene rings is 1. The standard InChI is InChI=1S/C14H18ClN3O/c1-4-14(16,5-2)13-17-12(19-18-13)10-8-6-7-9(3)11(10)15/h6-8H,4-5,16H2,1-3H3. The van der Waals surface area contributed by atoms with Crippen LogP contribution >= 0.6 is 11.6 Å². The summed E-state index contributed by atoms with van der Waals surface area (Å²) in [4.78, 5) is 4.41. The van der Waals surface area contributed by atoms with Gasteiger partial charge in [-0.15, -0.1) is 0 Å². The third-order valence-electron chi connectivity index (χ3n) is 3.56. The van der Waals surface area contributed by atoms with E-state index in [2.05, 4.69) is 10.1 Å². The lowest BCUT2D eigenvalue weighted by molar-refractivity contribution is 0.350. The van der Waals surface area contributed by atoms with Crippen molar-refractivity contribution < 1.29 is 4.52 Å². The second-order valence-electron chi connectivity index (χ2n) is 4.72. The molecule has 2 aromatic rings. The van der Waals surface area contributed by atoms with Crippen LogP contribution in [0.15, 0.2) is 22.7 Å². The number of hydrogen-bond acceptors (Lipinski definition) is 4. The number of aryl methyl sites for hydroxylation is 1. The van der Waals surface area contributed by atoms with Crippen molar-refractivity contribution in [2.24, 2.45) is 5.73 Å². The Balaban J connectivity index is 2.44. The van der Waals surface area contributed by atoms with Gasteiger partial charge in [0, 0.05) is 0 Å². The minimum atomic E-state index is -0.544. The number of halogens is 1. The molecule has 0 radical (unpaired) electrons. The van der Waals surface area contributed by atoms with Gasteiger partial charge in [-0.1, -0.05) is 42.7 Å². The Morgan fingerprint density at radius 3 is 2.63 bits per heavy atom. The molecule has 1 heterocycles. The lowest BCUT2D eigenvalue weighted by atomic mass is 9.93. The maximum atomic E-state index is 6.26. The average molecular weight is 280 g/mol. The van der Waals surface area contributed by atoms with Crippen LogP contribution in [0, 0.1) is 6.92 Å². The normalized spacial score (nSPS) is 11.8. The summed E-state index contributed by atoms with van der Waals surface area (Å²) in [5.41, 5.74) is 7.44. The Bertz CT molecular complexity index is 576. The number of aromatic nitrogens is 2. The smallest absolute Gasteiger partial charge is 0.259 e. The Kier molecular flexibility index (Phi) is 3.92. The van der Waals surface area contributed by atoms with Crippen LogP contribution in [0.25, 0.3) is 11.5 Å². The lowest BCUT2D eigenvalue weighted by Crippen LogP contribution is -2.36. The summed E-state index contributed by atoms with van der Waals surface area (Å²) in [6.07, 6.45) is 1.51. The predicted octanol–water partition coefficient (Wildman–Crippen LogP) is 3.67. The van der Waals surface area contributed by atoms with Crippen molar-refractivity contribution in [3.05, 3.63) is 34.6 Å². The first-order chi connectivity index (χ1) is 9.01. The zero-order valence-electron chi connectivity index (χ0n) is 11.4. The molecule has 0 saturated carbocycles. The Morgan fingerprint density at radius 1 is 1.32 bits per heavy atom. The van der Waals surface area contributed by atoms with Gasteiger partial charge in [0.25, 0.3) is 5.89 Å². The van der Waals surface area contributed by atoms with E-state index in [4.69, 9.17) is 21.9 Å². The van der Waals surface area contributed by atoms with E-state index in [-0.39, 0.29) is 0 Å². The van der Waals surface area contributed by atoms with E-state index in [0.29, 0.717) is 16.7 Å². The van der Waals surface area contributed by atoms with Crippen molar-refractivity contribution in [2.45, 2.75) is 39.2 Å². The van der Waals surface area contributed by atoms with Crippen LogP contribution in [0.4, 0.5) is 0 Å². The van der Waals surface area contributed by atoms with Gasteiger partial charge in [-0.05, 0) is 31.4 Å². The Morgan fingerprint density at radius 2 is 2.00 bits per heavy atom. The van der Waals surface area contributed by atoms with Gasteiger partial charge in [0.1, 0.15) is 0 Å². The molecule has 4 nitrogen and oxygen atoms in total. The topological polar surface area (TPSA) is 64.9 Å². The van der Waals surface area contributed by atoms with Gasteiger partial charge in [0.05, 0.1) is 16.1 Å². The molecule has 0 aliphatic heterocycles. The molecule has 0 fully saturated rings. The molecule has 0 spiro atoms. The third-order valence-corrected chi connectivity index (χ3v) is 4.06. The molecule has 0 aliphatic carbocycles. The molecule has 5 heteroatoms. The highest BCUT2D eigenvalue weighted by Gasteiger charge is 2.29. The minimum Gasteiger partial charge on any atom is -0.334 e. The molecule has 1 aromatic carbocycles. The zero-order chi connectivity index (χ0) is 14.0. The molecule has 2 rings (SSSR count). The van der Waals surface area contributed by atoms with E-state index in [9.17, 15) is 0 Å². The highest BCUT2D eigenvalue weighted by molar-refractivity contribution is 6.33. The highest BCUT2D eigenvalue weighted by atomic mass is 35.5. The van der Waals surface area contributed by atoms with Crippen molar-refractivity contribution in [2.75, 3.05) is 0 Å². The van der Waals surface area contributed by atoms with Crippen molar-refractivity contribution in [1.29, 1.82) is 0 Å². The predicted molar refractivity (Wildman–Crippen MR) is 75.9 cm³/mol. The van der Waals surface area contributed by atoms with Gasteiger partial charge in [0.2, 0.25) is 0 Å². The largest absolute Gasteiger partial charge is 0.334 e. The highest BCUT2D eigenvalue weighted by Crippen LogP contribution is 2.31. The maximum Gasteiger partial charge on any atom is 0.259 e. The Labute approximate surface area is 118 Å². The fourth-order valence-corrected chi connectivity index (χ4v) is 2.12. The van der Waals surface area contributed by atoms with Gasteiger partial charge in [0.15, 0.2) is 5.82 Å². The van der Waals surface area contributed by atoms with Crippen LogP contribution in [0.2, 0.25) is 5.02 Å². The van der Waals surface area contributed by atoms with Gasteiger partial charge in [-0.3, -0.25) is 0 Å². The van der Waals surface area contributed by atoms with E-state index in [1.165, 1.54) is 0 Å². The fraction of sp³-hybridized carbons (Fsp3) is 0.429. The van der Waals surface area contributed by atoms with E-state index < -0.39 is 5.54 Å². The molecule has 0 saturated heterocycles. The lowest BCUT2D eigenvalue weighted by Gasteiger charge is -2.21. The van der Waals surface area contributed by atoms with E-state index in [1.54, 1.807) is 0 Å². The summed E-state index contributed by atoms with van der Waals surface area (Å²) < 4.78 is 5.31. The molecule has 2 N–H and O–H groups in total. The SMILES string of the molecule is CCC(N)(CC)c1noc(-c2cccc(C)c2Cl)n1. The van der Waals surface area contributed by atoms with Crippen LogP contribution < -0.4 is 5.73 Å². The molecule has 0 aliphatic rings. The van der Waals surface area contributed by atoms with Gasteiger partial charge < -0.3 is 10.3 Å². The van der Waals surface area contributed by atoms with Crippen LogP contribution in [0.1, 0.15) is 38.1 Å². The summed E-state index contributed by atoms with van der Waals surface area (Å²) in [6, 6.07) is 5.72. The quantitative estimate of drug-likeness (QED) is 0.927. The zero-order valence-corrected chi connectivity index (χ0v) is 12.2. The van der Waals surface area contributed by atoms with Gasteiger partial charge in [-0.2, -0.15) is 4.98 Å². The van der Waals surface area contributed by atoms with Crippen LogP contribution in [0.5, 0.6) is 0 Å². The second kappa shape index (κ2) is 5.31. The molecular weight excluding hydrogens is 262 g/mol. The average Bonchev–Trinajstić information content (AvgIpc) is 2.91. The molecule has 0 unspecified atom stereocenters. The van der Waals surface area contributed by atoms with Crippen molar-refractivity contribution in [3.63, 3.8) is 0 Å². The number of nitrogens with two attached hydrogens (primary N) is 1. The van der Waals surface area contributed by atoms with Crippen molar-refractivity contribution in [1.82, 2.24) is 10.1 Å². The first-order valence-corrected chi connectivity index (χ1v) is 6.78. The van der Waals surface area contributed by atoms with E-state index in [1.807, 2.05) is 39.0 Å². The fourth-order valence-electron chi connectivity index (χ4n) is 1.91. The molecule has 0 atom stereocenters. The molecule has 102 valence electrons. The third kappa shape index (κ3) is 2.51. The van der Waals surface area contributed by atoms with E-state index >= 15 is 0 Å².